The van der Waals surface area contributed by atoms with Crippen molar-refractivity contribution >= 4 is 29.3 Å². The number of hydrogen-bond donors (Lipinski definition) is 1. The second-order valence-corrected chi connectivity index (χ2v) is 8.93. The summed E-state index contributed by atoms with van der Waals surface area (Å²) in [6, 6.07) is 7.66. The molecule has 4 aliphatic carbocycles. The molecule has 4 bridgehead atoms. The number of ether oxygens (including phenoxy) is 1. The summed E-state index contributed by atoms with van der Waals surface area (Å²) < 4.78 is 5.46. The van der Waals surface area contributed by atoms with Gasteiger partial charge in [-0.15, -0.1) is 11.8 Å². The van der Waals surface area contributed by atoms with Crippen LogP contribution in [0.5, 0.6) is 0 Å². The first kappa shape index (κ1) is 17.0. The van der Waals surface area contributed by atoms with Crippen LogP contribution in [0.1, 0.15) is 38.5 Å². The van der Waals surface area contributed by atoms with Gasteiger partial charge >= 0.3 is 5.97 Å². The summed E-state index contributed by atoms with van der Waals surface area (Å²) in [4.78, 5) is 26.0. The maximum Gasteiger partial charge on any atom is 0.312 e. The monoisotopic (exact) mass is 359 g/mol. The van der Waals surface area contributed by atoms with Crippen molar-refractivity contribution in [1.82, 2.24) is 0 Å². The van der Waals surface area contributed by atoms with E-state index in [1.165, 1.54) is 19.3 Å². The second-order valence-electron chi connectivity index (χ2n) is 8.05. The van der Waals surface area contributed by atoms with E-state index >= 15 is 0 Å². The van der Waals surface area contributed by atoms with E-state index in [9.17, 15) is 9.59 Å². The SMILES string of the molecule is CSc1cccc(NC(=O)COC(=O)C23CC4CC(CC(C4)C2)C3)c1. The van der Waals surface area contributed by atoms with Gasteiger partial charge in [0.1, 0.15) is 0 Å². The van der Waals surface area contributed by atoms with Gasteiger partial charge in [0, 0.05) is 10.6 Å². The standard InChI is InChI=1S/C20H25NO3S/c1-25-17-4-2-3-16(8-17)21-18(22)12-24-19(23)20-9-13-5-14(10-20)7-15(6-13)11-20/h2-4,8,13-15H,5-7,9-12H2,1H3,(H,21,22). The Morgan fingerprint density at radius 3 is 2.40 bits per heavy atom. The third-order valence-corrected chi connectivity index (χ3v) is 6.88. The highest BCUT2D eigenvalue weighted by atomic mass is 32.2. The van der Waals surface area contributed by atoms with Crippen LogP contribution >= 0.6 is 11.8 Å². The van der Waals surface area contributed by atoms with Gasteiger partial charge in [0.2, 0.25) is 0 Å². The number of rotatable bonds is 5. The number of nitrogens with one attached hydrogen (secondary N) is 1. The highest BCUT2D eigenvalue weighted by molar-refractivity contribution is 7.98. The summed E-state index contributed by atoms with van der Waals surface area (Å²) in [6.07, 6.45) is 8.77. The molecule has 0 heterocycles. The van der Waals surface area contributed by atoms with E-state index in [-0.39, 0.29) is 23.9 Å². The van der Waals surface area contributed by atoms with Crippen molar-refractivity contribution in [2.24, 2.45) is 23.2 Å². The average Bonchev–Trinajstić information content (AvgIpc) is 2.58. The Balaban J connectivity index is 1.33. The molecule has 4 saturated carbocycles. The molecule has 4 nitrogen and oxygen atoms in total. The molecule has 1 aromatic carbocycles. The molecule has 0 radical (unpaired) electrons. The summed E-state index contributed by atoms with van der Waals surface area (Å²) in [6.45, 7) is -0.190. The highest BCUT2D eigenvalue weighted by Gasteiger charge is 2.55. The zero-order chi connectivity index (χ0) is 17.4. The second kappa shape index (κ2) is 6.67. The molecular formula is C20H25NO3S. The number of amides is 1. The van der Waals surface area contributed by atoms with Crippen LogP contribution < -0.4 is 5.32 Å². The molecule has 0 atom stereocenters. The van der Waals surface area contributed by atoms with Gasteiger partial charge in [-0.1, -0.05) is 6.07 Å². The van der Waals surface area contributed by atoms with Crippen molar-refractivity contribution in [3.05, 3.63) is 24.3 Å². The molecule has 0 aliphatic heterocycles. The zero-order valence-electron chi connectivity index (χ0n) is 14.6. The van der Waals surface area contributed by atoms with E-state index in [4.69, 9.17) is 4.74 Å². The first-order chi connectivity index (χ1) is 12.1. The fourth-order valence-electron chi connectivity index (χ4n) is 5.54. The van der Waals surface area contributed by atoms with Crippen molar-refractivity contribution in [3.63, 3.8) is 0 Å². The summed E-state index contributed by atoms with van der Waals surface area (Å²) in [7, 11) is 0. The van der Waals surface area contributed by atoms with Crippen LogP contribution in [-0.2, 0) is 14.3 Å². The summed E-state index contributed by atoms with van der Waals surface area (Å²) in [5.74, 6) is 1.68. The fourth-order valence-corrected chi connectivity index (χ4v) is 6.00. The van der Waals surface area contributed by atoms with Crippen LogP contribution in [0.25, 0.3) is 0 Å². The van der Waals surface area contributed by atoms with Gasteiger partial charge in [-0.25, -0.2) is 0 Å². The van der Waals surface area contributed by atoms with Gasteiger partial charge in [0.05, 0.1) is 5.41 Å². The van der Waals surface area contributed by atoms with Gasteiger partial charge in [0.15, 0.2) is 6.61 Å². The third-order valence-electron chi connectivity index (χ3n) is 6.16. The van der Waals surface area contributed by atoms with Gasteiger partial charge < -0.3 is 10.1 Å². The molecule has 5 rings (SSSR count). The van der Waals surface area contributed by atoms with Crippen molar-refractivity contribution in [2.45, 2.75) is 43.4 Å². The molecular weight excluding hydrogens is 334 g/mol. The molecule has 1 amide bonds. The lowest BCUT2D eigenvalue weighted by atomic mass is 9.49. The molecule has 0 aromatic heterocycles. The van der Waals surface area contributed by atoms with E-state index in [2.05, 4.69) is 5.32 Å². The average molecular weight is 359 g/mol. The summed E-state index contributed by atoms with van der Waals surface area (Å²) in [5.41, 5.74) is 0.441. The zero-order valence-corrected chi connectivity index (χ0v) is 15.4. The Hall–Kier alpha value is -1.49. The van der Waals surface area contributed by atoms with Gasteiger partial charge in [0.25, 0.3) is 5.91 Å². The molecule has 0 saturated heterocycles. The smallest absolute Gasteiger partial charge is 0.312 e. The van der Waals surface area contributed by atoms with Crippen LogP contribution in [0.4, 0.5) is 5.69 Å². The van der Waals surface area contributed by atoms with E-state index in [1.807, 2.05) is 30.5 Å². The fraction of sp³-hybridized carbons (Fsp3) is 0.600. The van der Waals surface area contributed by atoms with Crippen LogP contribution in [0.15, 0.2) is 29.2 Å². The molecule has 5 heteroatoms. The Bertz CT molecular complexity index is 652. The molecule has 1 N–H and O–H groups in total. The number of anilines is 1. The minimum Gasteiger partial charge on any atom is -0.455 e. The molecule has 0 unspecified atom stereocenters. The number of hydrogen-bond acceptors (Lipinski definition) is 4. The first-order valence-electron chi connectivity index (χ1n) is 9.17. The Labute approximate surface area is 153 Å². The Kier molecular flexibility index (Phi) is 4.52. The Morgan fingerprint density at radius 1 is 1.16 bits per heavy atom. The minimum atomic E-state index is -0.298. The van der Waals surface area contributed by atoms with Crippen molar-refractivity contribution in [1.29, 1.82) is 0 Å². The van der Waals surface area contributed by atoms with Crippen LogP contribution in [0.2, 0.25) is 0 Å². The van der Waals surface area contributed by atoms with Gasteiger partial charge in [-0.05, 0) is 80.7 Å². The molecule has 0 spiro atoms. The highest BCUT2D eigenvalue weighted by Crippen LogP contribution is 2.60. The van der Waals surface area contributed by atoms with E-state index in [0.717, 1.165) is 29.8 Å². The molecule has 4 aliphatic rings. The van der Waals surface area contributed by atoms with Crippen molar-refractivity contribution in [3.8, 4) is 0 Å². The molecule has 25 heavy (non-hydrogen) atoms. The predicted octanol–water partition coefficient (Wildman–Crippen LogP) is 4.11. The van der Waals surface area contributed by atoms with Crippen molar-refractivity contribution in [2.75, 3.05) is 18.2 Å². The van der Waals surface area contributed by atoms with Crippen LogP contribution in [0, 0.1) is 23.2 Å². The normalized spacial score (nSPS) is 32.4. The first-order valence-corrected chi connectivity index (χ1v) is 10.4. The topological polar surface area (TPSA) is 55.4 Å². The lowest BCUT2D eigenvalue weighted by molar-refractivity contribution is -0.172. The quantitative estimate of drug-likeness (QED) is 0.635. The lowest BCUT2D eigenvalue weighted by Crippen LogP contribution is -2.50. The molecule has 134 valence electrons. The number of carbonyl (C=O) groups excluding carboxylic acids is 2. The predicted molar refractivity (Wildman–Crippen MR) is 98.4 cm³/mol. The summed E-state index contributed by atoms with van der Waals surface area (Å²) >= 11 is 1.62. The van der Waals surface area contributed by atoms with Gasteiger partial charge in [-0.2, -0.15) is 0 Å². The van der Waals surface area contributed by atoms with Crippen LogP contribution in [0.3, 0.4) is 0 Å². The number of benzene rings is 1. The number of carbonyl (C=O) groups is 2. The maximum atomic E-state index is 12.7. The maximum absolute atomic E-state index is 12.7. The van der Waals surface area contributed by atoms with E-state index < -0.39 is 0 Å². The van der Waals surface area contributed by atoms with Gasteiger partial charge in [-0.3, -0.25) is 9.59 Å². The van der Waals surface area contributed by atoms with Crippen LogP contribution in [-0.4, -0.2) is 24.7 Å². The van der Waals surface area contributed by atoms with E-state index in [0.29, 0.717) is 17.8 Å². The molecule has 4 fully saturated rings. The Morgan fingerprint density at radius 2 is 1.80 bits per heavy atom. The largest absolute Gasteiger partial charge is 0.455 e. The molecule has 1 aromatic rings. The lowest BCUT2D eigenvalue weighted by Gasteiger charge is -2.55. The summed E-state index contributed by atoms with van der Waals surface area (Å²) in [5, 5.41) is 2.82. The third kappa shape index (κ3) is 3.43. The van der Waals surface area contributed by atoms with Crippen molar-refractivity contribution < 1.29 is 14.3 Å². The van der Waals surface area contributed by atoms with E-state index in [1.54, 1.807) is 11.8 Å². The number of thioether (sulfide) groups is 1. The number of esters is 1. The minimum absolute atomic E-state index is 0.139.